The fraction of sp³-hybridized carbons (Fsp3) is 0.409. The third-order valence-electron chi connectivity index (χ3n) is 4.70. The molecule has 0 aliphatic rings. The number of ether oxygens (including phenoxy) is 2. The van der Waals surface area contributed by atoms with E-state index in [-0.39, 0.29) is 23.4 Å². The molecule has 0 bridgehead atoms. The van der Waals surface area contributed by atoms with Crippen LogP contribution in [0.25, 0.3) is 0 Å². The van der Waals surface area contributed by atoms with E-state index in [9.17, 15) is 13.6 Å². The Kier molecular flexibility index (Phi) is 8.86. The first-order chi connectivity index (χ1) is 14.0. The van der Waals surface area contributed by atoms with Gasteiger partial charge in [0.25, 0.3) is 0 Å². The van der Waals surface area contributed by atoms with E-state index in [1.165, 1.54) is 13.2 Å². The summed E-state index contributed by atoms with van der Waals surface area (Å²) < 4.78 is 34.7. The summed E-state index contributed by atoms with van der Waals surface area (Å²) in [5.41, 5.74) is 1.70. The van der Waals surface area contributed by atoms with Crippen LogP contribution in [0.2, 0.25) is 0 Å². The minimum Gasteiger partial charge on any atom is -0.493 e. The first kappa shape index (κ1) is 22.6. The summed E-state index contributed by atoms with van der Waals surface area (Å²) in [6, 6.07) is 14.1. The second-order valence-corrected chi connectivity index (χ2v) is 6.44. The Bertz CT molecular complexity index is 768. The molecule has 1 atom stereocenters. The lowest BCUT2D eigenvalue weighted by molar-refractivity contribution is -0.126. The van der Waals surface area contributed by atoms with Crippen LogP contribution in [-0.4, -0.2) is 44.2 Å². The minimum atomic E-state index is -2.93. The van der Waals surface area contributed by atoms with Gasteiger partial charge in [-0.1, -0.05) is 50.2 Å². The topological polar surface area (TPSA) is 50.8 Å². The Morgan fingerprint density at radius 3 is 2.34 bits per heavy atom. The standard InChI is InChI=1S/C22H28F2N2O3/c1-4-26(5-2)20(17-9-7-6-8-10-17)21(27)25-14-13-16-11-12-18(28-3)19(15-16)29-22(23)24/h6-12,15,20,22H,4-5,13-14H2,1-3H3,(H,25,27). The number of amides is 1. The lowest BCUT2D eigenvalue weighted by atomic mass is 10.0. The Hall–Kier alpha value is -2.67. The van der Waals surface area contributed by atoms with E-state index in [0.717, 1.165) is 24.2 Å². The second-order valence-electron chi connectivity index (χ2n) is 6.44. The van der Waals surface area contributed by atoms with Crippen LogP contribution in [0.4, 0.5) is 8.78 Å². The van der Waals surface area contributed by atoms with Crippen molar-refractivity contribution in [2.45, 2.75) is 32.9 Å². The molecule has 0 spiro atoms. The molecule has 0 saturated heterocycles. The van der Waals surface area contributed by atoms with E-state index in [1.54, 1.807) is 12.1 Å². The van der Waals surface area contributed by atoms with Crippen molar-refractivity contribution in [1.82, 2.24) is 10.2 Å². The van der Waals surface area contributed by atoms with Crippen molar-refractivity contribution in [3.63, 3.8) is 0 Å². The van der Waals surface area contributed by atoms with Gasteiger partial charge in [-0.2, -0.15) is 8.78 Å². The molecule has 29 heavy (non-hydrogen) atoms. The first-order valence-electron chi connectivity index (χ1n) is 9.68. The molecule has 0 radical (unpaired) electrons. The summed E-state index contributed by atoms with van der Waals surface area (Å²) in [4.78, 5) is 15.0. The number of methoxy groups -OCH3 is 1. The molecule has 5 nitrogen and oxygen atoms in total. The van der Waals surface area contributed by atoms with Crippen molar-refractivity contribution in [3.05, 3.63) is 59.7 Å². The fourth-order valence-corrected chi connectivity index (χ4v) is 3.24. The van der Waals surface area contributed by atoms with Gasteiger partial charge in [0.2, 0.25) is 5.91 Å². The number of alkyl halides is 2. The third-order valence-corrected chi connectivity index (χ3v) is 4.70. The molecule has 2 rings (SSSR count). The maximum Gasteiger partial charge on any atom is 0.387 e. The van der Waals surface area contributed by atoms with Crippen LogP contribution in [0.15, 0.2) is 48.5 Å². The second kappa shape index (κ2) is 11.4. The molecule has 2 aromatic rings. The number of nitrogens with zero attached hydrogens (tertiary/aromatic N) is 1. The van der Waals surface area contributed by atoms with E-state index in [1.807, 2.05) is 44.2 Å². The zero-order valence-electron chi connectivity index (χ0n) is 17.0. The average Bonchev–Trinajstić information content (AvgIpc) is 2.72. The summed E-state index contributed by atoms with van der Waals surface area (Å²) in [5, 5.41) is 2.97. The highest BCUT2D eigenvalue weighted by Gasteiger charge is 2.25. The van der Waals surface area contributed by atoms with Gasteiger partial charge in [0.05, 0.1) is 7.11 Å². The van der Waals surface area contributed by atoms with Crippen LogP contribution < -0.4 is 14.8 Å². The van der Waals surface area contributed by atoms with Crippen molar-refractivity contribution in [2.75, 3.05) is 26.7 Å². The Morgan fingerprint density at radius 1 is 1.07 bits per heavy atom. The summed E-state index contributed by atoms with van der Waals surface area (Å²) in [7, 11) is 1.39. The first-order valence-corrected chi connectivity index (χ1v) is 9.68. The van der Waals surface area contributed by atoms with Crippen LogP contribution >= 0.6 is 0 Å². The summed E-state index contributed by atoms with van der Waals surface area (Å²) in [5.74, 6) is 0.137. The number of halogens is 2. The van der Waals surface area contributed by atoms with Gasteiger partial charge < -0.3 is 14.8 Å². The van der Waals surface area contributed by atoms with Crippen molar-refractivity contribution < 1.29 is 23.0 Å². The van der Waals surface area contributed by atoms with Gasteiger partial charge in [-0.3, -0.25) is 9.69 Å². The maximum absolute atomic E-state index is 12.9. The van der Waals surface area contributed by atoms with Crippen molar-refractivity contribution in [1.29, 1.82) is 0 Å². The monoisotopic (exact) mass is 406 g/mol. The number of hydrogen-bond donors (Lipinski definition) is 1. The molecule has 158 valence electrons. The number of hydrogen-bond acceptors (Lipinski definition) is 4. The molecular weight excluding hydrogens is 378 g/mol. The molecule has 1 N–H and O–H groups in total. The van der Waals surface area contributed by atoms with Crippen LogP contribution in [0.3, 0.4) is 0 Å². The van der Waals surface area contributed by atoms with Gasteiger partial charge in [-0.25, -0.2) is 0 Å². The minimum absolute atomic E-state index is 0.0170. The predicted molar refractivity (Wildman–Crippen MR) is 108 cm³/mol. The van der Waals surface area contributed by atoms with Crippen LogP contribution in [0, 0.1) is 0 Å². The van der Waals surface area contributed by atoms with Crippen molar-refractivity contribution in [3.8, 4) is 11.5 Å². The molecule has 1 amide bonds. The molecule has 7 heteroatoms. The largest absolute Gasteiger partial charge is 0.493 e. The zero-order valence-corrected chi connectivity index (χ0v) is 17.0. The Labute approximate surface area is 170 Å². The van der Waals surface area contributed by atoms with Gasteiger partial charge in [-0.05, 0) is 42.8 Å². The van der Waals surface area contributed by atoms with Crippen molar-refractivity contribution >= 4 is 5.91 Å². The molecule has 0 heterocycles. The van der Waals surface area contributed by atoms with Gasteiger partial charge in [-0.15, -0.1) is 0 Å². The van der Waals surface area contributed by atoms with Gasteiger partial charge in [0.1, 0.15) is 6.04 Å². The number of carbonyl (C=O) groups excluding carboxylic acids is 1. The molecule has 0 fully saturated rings. The van der Waals surface area contributed by atoms with E-state index >= 15 is 0 Å². The van der Waals surface area contributed by atoms with Crippen LogP contribution in [0.1, 0.15) is 31.0 Å². The fourth-order valence-electron chi connectivity index (χ4n) is 3.24. The van der Waals surface area contributed by atoms with E-state index in [4.69, 9.17) is 4.74 Å². The Balaban J connectivity index is 2.05. The summed E-state index contributed by atoms with van der Waals surface area (Å²) in [6.07, 6.45) is 0.481. The van der Waals surface area contributed by atoms with Crippen molar-refractivity contribution in [2.24, 2.45) is 0 Å². The smallest absolute Gasteiger partial charge is 0.387 e. The molecule has 2 aromatic carbocycles. The lowest BCUT2D eigenvalue weighted by Crippen LogP contribution is -2.41. The number of benzene rings is 2. The highest BCUT2D eigenvalue weighted by Crippen LogP contribution is 2.29. The summed E-state index contributed by atoms with van der Waals surface area (Å²) >= 11 is 0. The number of nitrogens with one attached hydrogen (secondary N) is 1. The quantitative estimate of drug-likeness (QED) is 0.612. The lowest BCUT2D eigenvalue weighted by Gasteiger charge is -2.29. The normalized spacial score (nSPS) is 12.1. The van der Waals surface area contributed by atoms with Gasteiger partial charge in [0, 0.05) is 6.54 Å². The van der Waals surface area contributed by atoms with Crippen LogP contribution in [-0.2, 0) is 11.2 Å². The van der Waals surface area contributed by atoms with E-state index in [2.05, 4.69) is 15.0 Å². The number of likely N-dealkylation sites (N-methyl/N-ethyl adjacent to an activating group) is 1. The number of carbonyl (C=O) groups is 1. The van der Waals surface area contributed by atoms with Gasteiger partial charge >= 0.3 is 6.61 Å². The van der Waals surface area contributed by atoms with Gasteiger partial charge in [0.15, 0.2) is 11.5 Å². The number of rotatable bonds is 11. The summed E-state index contributed by atoms with van der Waals surface area (Å²) in [6.45, 7) is 2.99. The highest BCUT2D eigenvalue weighted by molar-refractivity contribution is 5.83. The average molecular weight is 406 g/mol. The molecule has 0 saturated carbocycles. The maximum atomic E-state index is 12.9. The molecule has 0 aliphatic carbocycles. The molecule has 1 unspecified atom stereocenters. The van der Waals surface area contributed by atoms with E-state index in [0.29, 0.717) is 13.0 Å². The molecule has 0 aromatic heterocycles. The molecular formula is C22H28F2N2O3. The van der Waals surface area contributed by atoms with Crippen LogP contribution in [0.5, 0.6) is 11.5 Å². The van der Waals surface area contributed by atoms with E-state index < -0.39 is 6.61 Å². The predicted octanol–water partition coefficient (Wildman–Crippen LogP) is 4.04. The molecule has 0 aliphatic heterocycles. The SMILES string of the molecule is CCN(CC)C(C(=O)NCCc1ccc(OC)c(OC(F)F)c1)c1ccccc1. The Morgan fingerprint density at radius 2 is 1.76 bits per heavy atom. The highest BCUT2D eigenvalue weighted by atomic mass is 19.3. The zero-order chi connectivity index (χ0) is 21.2. The third kappa shape index (κ3) is 6.42.